The molecule has 1 aromatic carbocycles. The number of rotatable bonds is 3. The summed E-state index contributed by atoms with van der Waals surface area (Å²) in [4.78, 5) is 19.9. The van der Waals surface area contributed by atoms with Gasteiger partial charge in [-0.05, 0) is 24.1 Å². The lowest BCUT2D eigenvalue weighted by molar-refractivity contribution is -0.119. The maximum absolute atomic E-state index is 11.3. The van der Waals surface area contributed by atoms with E-state index in [2.05, 4.69) is 15.3 Å². The predicted molar refractivity (Wildman–Crippen MR) is 90.6 cm³/mol. The van der Waals surface area contributed by atoms with Gasteiger partial charge in [0, 0.05) is 19.5 Å². The van der Waals surface area contributed by atoms with E-state index in [9.17, 15) is 4.79 Å². The molecule has 0 radical (unpaired) electrons. The first-order chi connectivity index (χ1) is 11.0. The highest BCUT2D eigenvalue weighted by atomic mass is 16.1. The van der Waals surface area contributed by atoms with E-state index in [0.717, 1.165) is 27.7 Å². The lowest BCUT2D eigenvalue weighted by atomic mass is 9.99. The minimum atomic E-state index is -0.0765. The molecule has 1 unspecified atom stereocenters. The Hall–Kier alpha value is -2.89. The van der Waals surface area contributed by atoms with Crippen molar-refractivity contribution in [1.29, 1.82) is 0 Å². The van der Waals surface area contributed by atoms with E-state index < -0.39 is 0 Å². The van der Waals surface area contributed by atoms with Crippen LogP contribution in [0, 0.1) is 0 Å². The smallest absolute Gasteiger partial charge is 0.217 e. The van der Waals surface area contributed by atoms with Crippen LogP contribution in [0.4, 0.5) is 5.82 Å². The van der Waals surface area contributed by atoms with Crippen molar-refractivity contribution in [3.63, 3.8) is 0 Å². The van der Waals surface area contributed by atoms with Crippen molar-refractivity contribution < 1.29 is 4.79 Å². The number of anilines is 1. The summed E-state index contributed by atoms with van der Waals surface area (Å²) in [5, 5.41) is 2.89. The highest BCUT2D eigenvalue weighted by Crippen LogP contribution is 2.33. The average Bonchev–Trinajstić information content (AvgIpc) is 2.88. The second-order valence-corrected chi connectivity index (χ2v) is 5.66. The summed E-state index contributed by atoms with van der Waals surface area (Å²) in [6.07, 6.45) is 3.43. The van der Waals surface area contributed by atoms with Crippen LogP contribution in [-0.2, 0) is 11.8 Å². The normalized spacial score (nSPS) is 12.3. The quantitative estimate of drug-likeness (QED) is 0.778. The fourth-order valence-corrected chi connectivity index (χ4v) is 2.80. The van der Waals surface area contributed by atoms with Crippen LogP contribution in [0.15, 0.2) is 36.8 Å². The largest absolute Gasteiger partial charge is 0.383 e. The Morgan fingerprint density at radius 1 is 1.35 bits per heavy atom. The summed E-state index contributed by atoms with van der Waals surface area (Å²) in [5.41, 5.74) is 10.7. The van der Waals surface area contributed by atoms with Crippen molar-refractivity contribution in [2.75, 3.05) is 5.73 Å². The van der Waals surface area contributed by atoms with Crippen molar-refractivity contribution in [2.45, 2.75) is 19.9 Å². The number of nitrogen functional groups attached to an aromatic ring is 1. The first-order valence-electron chi connectivity index (χ1n) is 7.40. The van der Waals surface area contributed by atoms with Crippen LogP contribution in [0.3, 0.4) is 0 Å². The number of carbonyl (C=O) groups excluding carboxylic acids is 1. The molecule has 0 saturated heterocycles. The molecule has 118 valence electrons. The van der Waals surface area contributed by atoms with Crippen LogP contribution >= 0.6 is 0 Å². The molecule has 1 amide bonds. The fraction of sp³-hybridized carbons (Fsp3) is 0.235. The lowest BCUT2D eigenvalue weighted by Crippen LogP contribution is -2.23. The fourth-order valence-electron chi connectivity index (χ4n) is 2.80. The Labute approximate surface area is 134 Å². The molecule has 2 heterocycles. The standard InChI is InChI=1S/C17H19N5O/c1-10(21-11(2)23)12-5-4-6-13(7-12)15-16-14(8-19-17(15)18)20-9-22(16)3/h4-10H,1-3H3,(H2,18,19)(H,21,23). The van der Waals surface area contributed by atoms with Crippen LogP contribution in [-0.4, -0.2) is 20.4 Å². The zero-order valence-electron chi connectivity index (χ0n) is 13.4. The third-order valence-corrected chi connectivity index (χ3v) is 3.88. The number of nitrogens with one attached hydrogen (secondary N) is 1. The van der Waals surface area contributed by atoms with Crippen molar-refractivity contribution in [2.24, 2.45) is 7.05 Å². The second-order valence-electron chi connectivity index (χ2n) is 5.66. The predicted octanol–water partition coefficient (Wildman–Crippen LogP) is 2.41. The van der Waals surface area contributed by atoms with Crippen LogP contribution in [0.1, 0.15) is 25.5 Å². The van der Waals surface area contributed by atoms with Crippen molar-refractivity contribution >= 4 is 22.8 Å². The molecular weight excluding hydrogens is 290 g/mol. The topological polar surface area (TPSA) is 85.8 Å². The molecular formula is C17H19N5O. The number of hydrogen-bond acceptors (Lipinski definition) is 4. The molecule has 3 aromatic rings. The van der Waals surface area contributed by atoms with Gasteiger partial charge in [0.25, 0.3) is 0 Å². The molecule has 1 atom stereocenters. The van der Waals surface area contributed by atoms with Gasteiger partial charge in [0.15, 0.2) is 0 Å². The molecule has 6 nitrogen and oxygen atoms in total. The molecule has 3 N–H and O–H groups in total. The van der Waals surface area contributed by atoms with Gasteiger partial charge in [-0.25, -0.2) is 9.97 Å². The van der Waals surface area contributed by atoms with E-state index in [4.69, 9.17) is 5.73 Å². The van der Waals surface area contributed by atoms with Crippen molar-refractivity contribution in [1.82, 2.24) is 19.9 Å². The van der Waals surface area contributed by atoms with Gasteiger partial charge in [-0.2, -0.15) is 0 Å². The summed E-state index contributed by atoms with van der Waals surface area (Å²) in [6.45, 7) is 3.46. The molecule has 0 spiro atoms. The number of nitrogens with two attached hydrogens (primary N) is 1. The maximum atomic E-state index is 11.3. The van der Waals surface area contributed by atoms with Crippen molar-refractivity contribution in [3.05, 3.63) is 42.4 Å². The molecule has 0 saturated carbocycles. The number of hydrogen-bond donors (Lipinski definition) is 2. The Balaban J connectivity index is 2.14. The third kappa shape index (κ3) is 2.75. The minimum Gasteiger partial charge on any atom is -0.383 e. The van der Waals surface area contributed by atoms with E-state index in [-0.39, 0.29) is 11.9 Å². The van der Waals surface area contributed by atoms with Crippen LogP contribution in [0.2, 0.25) is 0 Å². The van der Waals surface area contributed by atoms with Gasteiger partial charge < -0.3 is 15.6 Å². The van der Waals surface area contributed by atoms with E-state index in [0.29, 0.717) is 5.82 Å². The maximum Gasteiger partial charge on any atom is 0.217 e. The summed E-state index contributed by atoms with van der Waals surface area (Å²) in [7, 11) is 1.93. The van der Waals surface area contributed by atoms with Gasteiger partial charge in [-0.3, -0.25) is 4.79 Å². The van der Waals surface area contributed by atoms with Gasteiger partial charge in [-0.15, -0.1) is 0 Å². The Morgan fingerprint density at radius 2 is 2.13 bits per heavy atom. The van der Waals surface area contributed by atoms with Crippen LogP contribution in [0.25, 0.3) is 22.2 Å². The number of carbonyl (C=O) groups is 1. The van der Waals surface area contributed by atoms with Crippen LogP contribution in [0.5, 0.6) is 0 Å². The van der Waals surface area contributed by atoms with Crippen molar-refractivity contribution in [3.8, 4) is 11.1 Å². The summed E-state index contributed by atoms with van der Waals surface area (Å²) >= 11 is 0. The zero-order chi connectivity index (χ0) is 16.6. The highest BCUT2D eigenvalue weighted by Gasteiger charge is 2.15. The summed E-state index contributed by atoms with van der Waals surface area (Å²) < 4.78 is 1.94. The van der Waals surface area contributed by atoms with E-state index in [1.165, 1.54) is 6.92 Å². The molecule has 0 fully saturated rings. The molecule has 3 rings (SSSR count). The number of aryl methyl sites for hydroxylation is 1. The molecule has 6 heteroatoms. The lowest BCUT2D eigenvalue weighted by Gasteiger charge is -2.15. The molecule has 23 heavy (non-hydrogen) atoms. The number of aromatic nitrogens is 3. The van der Waals surface area contributed by atoms with Gasteiger partial charge in [0.2, 0.25) is 5.91 Å². The number of benzene rings is 1. The molecule has 0 aliphatic rings. The van der Waals surface area contributed by atoms with E-state index in [1.54, 1.807) is 12.5 Å². The monoisotopic (exact) mass is 309 g/mol. The number of pyridine rings is 1. The first-order valence-corrected chi connectivity index (χ1v) is 7.40. The Bertz CT molecular complexity index is 884. The van der Waals surface area contributed by atoms with E-state index in [1.807, 2.05) is 42.8 Å². The highest BCUT2D eigenvalue weighted by molar-refractivity contribution is 5.97. The van der Waals surface area contributed by atoms with Gasteiger partial charge in [-0.1, -0.05) is 18.2 Å². The van der Waals surface area contributed by atoms with Gasteiger partial charge in [0.05, 0.1) is 24.1 Å². The Morgan fingerprint density at radius 3 is 2.87 bits per heavy atom. The summed E-state index contributed by atoms with van der Waals surface area (Å²) in [6, 6.07) is 7.88. The number of nitrogens with zero attached hydrogens (tertiary/aromatic N) is 3. The molecule has 2 aromatic heterocycles. The number of amides is 1. The number of imidazole rings is 1. The number of fused-ring (bicyclic) bond motifs is 1. The average molecular weight is 309 g/mol. The molecule has 0 aliphatic heterocycles. The SMILES string of the molecule is CC(=O)NC(C)c1cccc(-c2c(N)ncc3ncn(C)c23)c1. The Kier molecular flexibility index (Phi) is 3.73. The first kappa shape index (κ1) is 15.0. The third-order valence-electron chi connectivity index (χ3n) is 3.88. The van der Waals surface area contributed by atoms with Gasteiger partial charge in [0.1, 0.15) is 11.3 Å². The van der Waals surface area contributed by atoms with Gasteiger partial charge >= 0.3 is 0 Å². The minimum absolute atomic E-state index is 0.0576. The molecule has 0 aliphatic carbocycles. The zero-order valence-corrected chi connectivity index (χ0v) is 13.4. The summed E-state index contributed by atoms with van der Waals surface area (Å²) in [5.74, 6) is 0.406. The molecule has 0 bridgehead atoms. The van der Waals surface area contributed by atoms with E-state index >= 15 is 0 Å². The van der Waals surface area contributed by atoms with Crippen LogP contribution < -0.4 is 11.1 Å². The second kappa shape index (κ2) is 5.72.